The minimum absolute atomic E-state index is 0.210. The first-order valence-corrected chi connectivity index (χ1v) is 8.48. The number of carbonyl (C=O) groups excluding carboxylic acids is 1. The van der Waals surface area contributed by atoms with Gasteiger partial charge in [-0.3, -0.25) is 9.69 Å². The third-order valence-electron chi connectivity index (χ3n) is 4.61. The van der Waals surface area contributed by atoms with Gasteiger partial charge >= 0.3 is 0 Å². The Balaban J connectivity index is 1.62. The van der Waals surface area contributed by atoms with Gasteiger partial charge in [-0.15, -0.1) is 6.42 Å². The highest BCUT2D eigenvalue weighted by Crippen LogP contribution is 2.35. The van der Waals surface area contributed by atoms with E-state index in [0.29, 0.717) is 13.1 Å². The molecule has 0 aliphatic heterocycles. The zero-order chi connectivity index (χ0) is 17.6. The van der Waals surface area contributed by atoms with Gasteiger partial charge in [-0.2, -0.15) is 0 Å². The largest absolute Gasteiger partial charge is 0.324 e. The number of hydrogen-bond donors (Lipinski definition) is 1. The van der Waals surface area contributed by atoms with E-state index < -0.39 is 5.82 Å². The van der Waals surface area contributed by atoms with Crippen LogP contribution in [0.5, 0.6) is 0 Å². The van der Waals surface area contributed by atoms with Crippen LogP contribution >= 0.6 is 0 Å². The summed E-state index contributed by atoms with van der Waals surface area (Å²) < 4.78 is 13.6. The predicted octanol–water partition coefficient (Wildman–Crippen LogP) is 3.78. The molecule has 1 unspecified atom stereocenters. The average molecular weight is 336 g/mol. The monoisotopic (exact) mass is 336 g/mol. The number of benzene rings is 2. The van der Waals surface area contributed by atoms with E-state index in [4.69, 9.17) is 6.42 Å². The average Bonchev–Trinajstić information content (AvgIpc) is 3.05. The minimum atomic E-state index is -0.430. The molecule has 1 amide bonds. The topological polar surface area (TPSA) is 32.3 Å². The van der Waals surface area contributed by atoms with Crippen LogP contribution in [-0.2, 0) is 11.2 Å². The highest BCUT2D eigenvalue weighted by atomic mass is 19.1. The molecule has 0 fully saturated rings. The number of nitrogens with zero attached hydrogens (tertiary/aromatic N) is 1. The Labute approximate surface area is 147 Å². The number of anilines is 1. The summed E-state index contributed by atoms with van der Waals surface area (Å²) in [6.07, 6.45) is 7.84. The Bertz CT molecular complexity index is 796. The molecule has 0 aromatic heterocycles. The van der Waals surface area contributed by atoms with Crippen LogP contribution in [0.1, 0.15) is 30.0 Å². The summed E-state index contributed by atoms with van der Waals surface area (Å²) in [5.74, 6) is 2.05. The standard InChI is InChI=1S/C21H21FN2O/c1-2-14-24(20-12-11-16-7-3-4-8-17(16)20)15-13-21(25)23-19-10-6-5-9-18(19)22/h1,3-10,20H,11-15H2,(H,23,25). The second-order valence-electron chi connectivity index (χ2n) is 6.21. The molecule has 0 spiro atoms. The van der Waals surface area contributed by atoms with Gasteiger partial charge in [0.05, 0.1) is 12.2 Å². The highest BCUT2D eigenvalue weighted by molar-refractivity contribution is 5.90. The van der Waals surface area contributed by atoms with Gasteiger partial charge in [0.25, 0.3) is 0 Å². The minimum Gasteiger partial charge on any atom is -0.324 e. The van der Waals surface area contributed by atoms with E-state index in [-0.39, 0.29) is 24.1 Å². The van der Waals surface area contributed by atoms with Gasteiger partial charge in [0.2, 0.25) is 5.91 Å². The van der Waals surface area contributed by atoms with E-state index in [9.17, 15) is 9.18 Å². The number of amides is 1. The van der Waals surface area contributed by atoms with Crippen molar-refractivity contribution in [3.05, 3.63) is 65.5 Å². The van der Waals surface area contributed by atoms with Gasteiger partial charge in [-0.1, -0.05) is 42.3 Å². The van der Waals surface area contributed by atoms with Crippen LogP contribution in [0.3, 0.4) is 0 Å². The quantitative estimate of drug-likeness (QED) is 0.814. The number of carbonyl (C=O) groups is 1. The van der Waals surface area contributed by atoms with Crippen molar-refractivity contribution in [2.75, 3.05) is 18.4 Å². The smallest absolute Gasteiger partial charge is 0.225 e. The predicted molar refractivity (Wildman–Crippen MR) is 97.6 cm³/mol. The molecule has 3 rings (SSSR count). The number of fused-ring (bicyclic) bond motifs is 1. The fourth-order valence-corrected chi connectivity index (χ4v) is 3.40. The van der Waals surface area contributed by atoms with E-state index in [1.807, 2.05) is 6.07 Å². The Morgan fingerprint density at radius 1 is 1.24 bits per heavy atom. The summed E-state index contributed by atoms with van der Waals surface area (Å²) in [6, 6.07) is 14.8. The van der Waals surface area contributed by atoms with Crippen LogP contribution in [0, 0.1) is 18.2 Å². The SMILES string of the molecule is C#CCN(CCC(=O)Nc1ccccc1F)C1CCc2ccccc21. The van der Waals surface area contributed by atoms with Crippen molar-refractivity contribution in [3.8, 4) is 12.3 Å². The number of rotatable bonds is 6. The maximum Gasteiger partial charge on any atom is 0.225 e. The van der Waals surface area contributed by atoms with E-state index in [1.54, 1.807) is 18.2 Å². The third-order valence-corrected chi connectivity index (χ3v) is 4.61. The molecule has 0 bridgehead atoms. The van der Waals surface area contributed by atoms with Gasteiger partial charge < -0.3 is 5.32 Å². The molecule has 0 heterocycles. The van der Waals surface area contributed by atoms with Crippen LogP contribution in [0.2, 0.25) is 0 Å². The molecule has 0 radical (unpaired) electrons. The fraction of sp³-hybridized carbons (Fsp3) is 0.286. The van der Waals surface area contributed by atoms with E-state index >= 15 is 0 Å². The van der Waals surface area contributed by atoms with Crippen LogP contribution in [0.4, 0.5) is 10.1 Å². The lowest BCUT2D eigenvalue weighted by atomic mass is 10.1. The summed E-state index contributed by atoms with van der Waals surface area (Å²) >= 11 is 0. The van der Waals surface area contributed by atoms with Crippen molar-refractivity contribution < 1.29 is 9.18 Å². The molecule has 0 saturated carbocycles. The van der Waals surface area contributed by atoms with Crippen LogP contribution in [-0.4, -0.2) is 23.9 Å². The first-order valence-electron chi connectivity index (χ1n) is 8.48. The molecule has 2 aromatic carbocycles. The van der Waals surface area contributed by atoms with Crippen LogP contribution in [0.25, 0.3) is 0 Å². The van der Waals surface area contributed by atoms with Crippen molar-refractivity contribution in [1.82, 2.24) is 4.90 Å². The van der Waals surface area contributed by atoms with Crippen molar-refractivity contribution in [1.29, 1.82) is 0 Å². The normalized spacial score (nSPS) is 15.6. The van der Waals surface area contributed by atoms with Crippen molar-refractivity contribution >= 4 is 11.6 Å². The summed E-state index contributed by atoms with van der Waals surface area (Å²) in [7, 11) is 0. The number of nitrogens with one attached hydrogen (secondary N) is 1. The summed E-state index contributed by atoms with van der Waals surface area (Å²) in [5.41, 5.74) is 2.86. The molecule has 3 nitrogen and oxygen atoms in total. The Hall–Kier alpha value is -2.64. The fourth-order valence-electron chi connectivity index (χ4n) is 3.40. The van der Waals surface area contributed by atoms with E-state index in [0.717, 1.165) is 12.8 Å². The molecule has 0 saturated heterocycles. The number of para-hydroxylation sites is 1. The van der Waals surface area contributed by atoms with Crippen molar-refractivity contribution in [2.24, 2.45) is 0 Å². The molecule has 2 aromatic rings. The van der Waals surface area contributed by atoms with Crippen molar-refractivity contribution in [3.63, 3.8) is 0 Å². The third kappa shape index (κ3) is 4.07. The summed E-state index contributed by atoms with van der Waals surface area (Å²) in [5, 5.41) is 2.63. The molecule has 25 heavy (non-hydrogen) atoms. The number of halogens is 1. The maximum atomic E-state index is 13.6. The Morgan fingerprint density at radius 2 is 2.00 bits per heavy atom. The van der Waals surface area contributed by atoms with E-state index in [1.165, 1.54) is 17.2 Å². The Morgan fingerprint density at radius 3 is 2.80 bits per heavy atom. The second kappa shape index (κ2) is 7.96. The number of hydrogen-bond acceptors (Lipinski definition) is 2. The molecule has 1 aliphatic rings. The summed E-state index contributed by atoms with van der Waals surface area (Å²) in [4.78, 5) is 14.3. The molecule has 4 heteroatoms. The van der Waals surface area contributed by atoms with Gasteiger partial charge in [0, 0.05) is 19.0 Å². The summed E-state index contributed by atoms with van der Waals surface area (Å²) in [6.45, 7) is 1.04. The zero-order valence-corrected chi connectivity index (χ0v) is 14.0. The first kappa shape index (κ1) is 17.2. The first-order chi connectivity index (χ1) is 12.2. The van der Waals surface area contributed by atoms with Gasteiger partial charge in [-0.25, -0.2) is 4.39 Å². The Kier molecular flexibility index (Phi) is 5.47. The van der Waals surface area contributed by atoms with Crippen LogP contribution in [0.15, 0.2) is 48.5 Å². The lowest BCUT2D eigenvalue weighted by Gasteiger charge is -2.27. The molecular formula is C21H21FN2O. The molecule has 128 valence electrons. The lowest BCUT2D eigenvalue weighted by molar-refractivity contribution is -0.116. The second-order valence-corrected chi connectivity index (χ2v) is 6.21. The molecule has 1 N–H and O–H groups in total. The zero-order valence-electron chi connectivity index (χ0n) is 14.0. The number of aryl methyl sites for hydroxylation is 1. The van der Waals surface area contributed by atoms with Crippen LogP contribution < -0.4 is 5.32 Å². The van der Waals surface area contributed by atoms with Gasteiger partial charge in [0.1, 0.15) is 5.82 Å². The van der Waals surface area contributed by atoms with Gasteiger partial charge in [-0.05, 0) is 36.1 Å². The van der Waals surface area contributed by atoms with Crippen molar-refractivity contribution in [2.45, 2.75) is 25.3 Å². The maximum absolute atomic E-state index is 13.6. The highest BCUT2D eigenvalue weighted by Gasteiger charge is 2.27. The lowest BCUT2D eigenvalue weighted by Crippen LogP contribution is -2.31. The number of terminal acetylenes is 1. The molecule has 1 aliphatic carbocycles. The molecule has 1 atom stereocenters. The van der Waals surface area contributed by atoms with E-state index in [2.05, 4.69) is 34.3 Å². The van der Waals surface area contributed by atoms with Gasteiger partial charge in [0.15, 0.2) is 0 Å². The molecular weight excluding hydrogens is 315 g/mol.